The first-order chi connectivity index (χ1) is 8.68. The van der Waals surface area contributed by atoms with E-state index in [0.29, 0.717) is 11.8 Å². The number of fused-ring (bicyclic) bond motifs is 1. The molecule has 1 saturated carbocycles. The molecule has 0 aromatic heterocycles. The van der Waals surface area contributed by atoms with Crippen molar-refractivity contribution in [3.05, 3.63) is 41.5 Å². The van der Waals surface area contributed by atoms with Gasteiger partial charge in [0.1, 0.15) is 0 Å². The summed E-state index contributed by atoms with van der Waals surface area (Å²) in [5.41, 5.74) is 4.32. The van der Waals surface area contributed by atoms with Gasteiger partial charge in [0, 0.05) is 5.41 Å². The lowest BCUT2D eigenvalue weighted by Crippen LogP contribution is -2.29. The van der Waals surface area contributed by atoms with Crippen LogP contribution in [0, 0.1) is 17.3 Å². The van der Waals surface area contributed by atoms with Crippen molar-refractivity contribution in [1.82, 2.24) is 0 Å². The normalized spacial score (nSPS) is 35.1. The molecule has 0 amide bonds. The molecule has 3 atom stereocenters. The monoisotopic (exact) mass is 242 g/mol. The lowest BCUT2D eigenvalue weighted by molar-refractivity contribution is 0.116. The first-order valence-electron chi connectivity index (χ1n) is 7.06. The highest BCUT2D eigenvalue weighted by atomic mass is 16.3. The Morgan fingerprint density at radius 3 is 2.61 bits per heavy atom. The molecule has 0 spiro atoms. The Morgan fingerprint density at radius 1 is 1.22 bits per heavy atom. The molecule has 0 aliphatic heterocycles. The molecule has 1 heteroatoms. The number of allylic oxidation sites excluding steroid dienone is 1. The summed E-state index contributed by atoms with van der Waals surface area (Å²) in [4.78, 5) is 0. The van der Waals surface area contributed by atoms with Crippen molar-refractivity contribution in [2.45, 2.75) is 33.1 Å². The highest BCUT2D eigenvalue weighted by Gasteiger charge is 2.50. The molecule has 1 N–H and O–H groups in total. The molecule has 1 aromatic rings. The Kier molecular flexibility index (Phi) is 2.82. The van der Waals surface area contributed by atoms with E-state index in [-0.39, 0.29) is 12.0 Å². The maximum atomic E-state index is 9.87. The summed E-state index contributed by atoms with van der Waals surface area (Å²) in [6.45, 7) is 4.77. The summed E-state index contributed by atoms with van der Waals surface area (Å²) < 4.78 is 0. The Bertz CT molecular complexity index is 474. The van der Waals surface area contributed by atoms with Gasteiger partial charge in [-0.15, -0.1) is 0 Å². The molecule has 0 unspecified atom stereocenters. The second-order valence-electron chi connectivity index (χ2n) is 6.12. The minimum absolute atomic E-state index is 0.00629. The van der Waals surface area contributed by atoms with Crippen LogP contribution < -0.4 is 0 Å². The average Bonchev–Trinajstić information content (AvgIpc) is 2.95. The van der Waals surface area contributed by atoms with Crippen LogP contribution in [0.1, 0.15) is 38.7 Å². The molecule has 0 heterocycles. The Hall–Kier alpha value is -1.08. The van der Waals surface area contributed by atoms with Gasteiger partial charge < -0.3 is 5.11 Å². The van der Waals surface area contributed by atoms with Gasteiger partial charge in [-0.3, -0.25) is 0 Å². The highest BCUT2D eigenvalue weighted by molar-refractivity contribution is 5.74. The van der Waals surface area contributed by atoms with E-state index in [4.69, 9.17) is 0 Å². The van der Waals surface area contributed by atoms with Crippen LogP contribution in [-0.4, -0.2) is 11.7 Å². The SMILES string of the molecule is CC1=C(c2ccccc2)[C@@H]2CCC[C@@H]2[C@]1(C)CO. The van der Waals surface area contributed by atoms with Crippen molar-refractivity contribution in [3.8, 4) is 0 Å². The average molecular weight is 242 g/mol. The Labute approximate surface area is 110 Å². The van der Waals surface area contributed by atoms with Crippen molar-refractivity contribution >= 4 is 5.57 Å². The van der Waals surface area contributed by atoms with Crippen molar-refractivity contribution in [1.29, 1.82) is 0 Å². The van der Waals surface area contributed by atoms with E-state index in [1.807, 2.05) is 0 Å². The van der Waals surface area contributed by atoms with Gasteiger partial charge in [-0.25, -0.2) is 0 Å². The predicted octanol–water partition coefficient (Wildman–Crippen LogP) is 3.89. The van der Waals surface area contributed by atoms with Gasteiger partial charge in [0.2, 0.25) is 0 Å². The quantitative estimate of drug-likeness (QED) is 0.834. The standard InChI is InChI=1S/C17H22O/c1-12-16(13-7-4-3-5-8-13)14-9-6-10-15(14)17(12,2)11-18/h3-5,7-8,14-15,18H,6,9-11H2,1-2H3/t14-,15+,17-/m1/s1. The smallest absolute Gasteiger partial charge is 0.0525 e. The minimum atomic E-state index is 0.00629. The Balaban J connectivity index is 2.12. The number of benzene rings is 1. The topological polar surface area (TPSA) is 20.2 Å². The van der Waals surface area contributed by atoms with Gasteiger partial charge in [-0.05, 0) is 42.7 Å². The zero-order valence-corrected chi connectivity index (χ0v) is 11.3. The zero-order chi connectivity index (χ0) is 12.8. The number of hydrogen-bond acceptors (Lipinski definition) is 1. The lowest BCUT2D eigenvalue weighted by Gasteiger charge is -2.31. The molecule has 2 aliphatic carbocycles. The van der Waals surface area contributed by atoms with Gasteiger partial charge in [-0.2, -0.15) is 0 Å². The minimum Gasteiger partial charge on any atom is -0.395 e. The third-order valence-electron chi connectivity index (χ3n) is 5.38. The van der Waals surface area contributed by atoms with Crippen LogP contribution in [0.2, 0.25) is 0 Å². The summed E-state index contributed by atoms with van der Waals surface area (Å²) in [7, 11) is 0. The molecule has 2 aliphatic rings. The Morgan fingerprint density at radius 2 is 1.94 bits per heavy atom. The van der Waals surface area contributed by atoms with Gasteiger partial charge in [0.05, 0.1) is 6.61 Å². The third-order valence-corrected chi connectivity index (χ3v) is 5.38. The van der Waals surface area contributed by atoms with Gasteiger partial charge in [0.15, 0.2) is 0 Å². The summed E-state index contributed by atoms with van der Waals surface area (Å²) in [5, 5.41) is 9.87. The molecule has 0 bridgehead atoms. The fraction of sp³-hybridized carbons (Fsp3) is 0.529. The molecule has 0 saturated heterocycles. The van der Waals surface area contributed by atoms with Crippen molar-refractivity contribution < 1.29 is 5.11 Å². The first-order valence-corrected chi connectivity index (χ1v) is 7.06. The number of rotatable bonds is 2. The maximum absolute atomic E-state index is 9.87. The molecule has 18 heavy (non-hydrogen) atoms. The summed E-state index contributed by atoms with van der Waals surface area (Å²) in [5.74, 6) is 1.32. The molecule has 1 fully saturated rings. The van der Waals surface area contributed by atoms with Crippen LogP contribution in [0.15, 0.2) is 35.9 Å². The molecule has 0 radical (unpaired) electrons. The van der Waals surface area contributed by atoms with Gasteiger partial charge >= 0.3 is 0 Å². The van der Waals surface area contributed by atoms with Crippen molar-refractivity contribution in [2.75, 3.05) is 6.61 Å². The summed E-state index contributed by atoms with van der Waals surface area (Å²) in [6.07, 6.45) is 3.88. The van der Waals surface area contributed by atoms with Crippen LogP contribution in [0.5, 0.6) is 0 Å². The second-order valence-corrected chi connectivity index (χ2v) is 6.12. The van der Waals surface area contributed by atoms with Crippen LogP contribution in [0.4, 0.5) is 0 Å². The van der Waals surface area contributed by atoms with E-state index >= 15 is 0 Å². The maximum Gasteiger partial charge on any atom is 0.0525 e. The third kappa shape index (κ3) is 1.50. The van der Waals surface area contributed by atoms with Crippen LogP contribution in [0.3, 0.4) is 0 Å². The van der Waals surface area contributed by atoms with Gasteiger partial charge in [0.25, 0.3) is 0 Å². The lowest BCUT2D eigenvalue weighted by atomic mass is 9.75. The van der Waals surface area contributed by atoms with Crippen LogP contribution in [0.25, 0.3) is 5.57 Å². The second kappa shape index (κ2) is 4.24. The van der Waals surface area contributed by atoms with Crippen molar-refractivity contribution in [3.63, 3.8) is 0 Å². The van der Waals surface area contributed by atoms with E-state index in [1.54, 1.807) is 0 Å². The summed E-state index contributed by atoms with van der Waals surface area (Å²) >= 11 is 0. The largest absolute Gasteiger partial charge is 0.395 e. The number of aliphatic hydroxyl groups excluding tert-OH is 1. The van der Waals surface area contributed by atoms with Gasteiger partial charge in [-0.1, -0.05) is 49.2 Å². The van der Waals surface area contributed by atoms with E-state index in [1.165, 1.54) is 36.0 Å². The molecule has 1 aromatic carbocycles. The zero-order valence-electron chi connectivity index (χ0n) is 11.3. The fourth-order valence-corrected chi connectivity index (χ4v) is 4.22. The molecular formula is C17H22O. The first kappa shape index (κ1) is 12.0. The van der Waals surface area contributed by atoms with Crippen LogP contribution in [-0.2, 0) is 0 Å². The molecular weight excluding hydrogens is 220 g/mol. The molecule has 96 valence electrons. The number of hydrogen-bond donors (Lipinski definition) is 1. The van der Waals surface area contributed by atoms with Crippen LogP contribution >= 0.6 is 0 Å². The molecule has 1 nitrogen and oxygen atoms in total. The fourth-order valence-electron chi connectivity index (χ4n) is 4.22. The van der Waals surface area contributed by atoms with E-state index in [2.05, 4.69) is 44.2 Å². The predicted molar refractivity (Wildman–Crippen MR) is 75.1 cm³/mol. The van der Waals surface area contributed by atoms with Crippen molar-refractivity contribution in [2.24, 2.45) is 17.3 Å². The number of aliphatic hydroxyl groups is 1. The summed E-state index contributed by atoms with van der Waals surface area (Å²) in [6, 6.07) is 10.8. The van der Waals surface area contributed by atoms with E-state index < -0.39 is 0 Å². The molecule has 3 rings (SSSR count). The highest BCUT2D eigenvalue weighted by Crippen LogP contribution is 2.59. The van der Waals surface area contributed by atoms with E-state index in [9.17, 15) is 5.11 Å². The van der Waals surface area contributed by atoms with E-state index in [0.717, 1.165) is 0 Å².